The van der Waals surface area contributed by atoms with Crippen molar-refractivity contribution >= 4 is 46.4 Å². The fourth-order valence-corrected chi connectivity index (χ4v) is 0.995. The van der Waals surface area contributed by atoms with Gasteiger partial charge in [0.05, 0.1) is 5.88 Å². The van der Waals surface area contributed by atoms with E-state index in [9.17, 15) is 0 Å². The van der Waals surface area contributed by atoms with E-state index in [1.165, 1.54) is 6.20 Å². The first kappa shape index (κ1) is 9.46. The van der Waals surface area contributed by atoms with Crippen molar-refractivity contribution in [1.29, 1.82) is 0 Å². The highest BCUT2D eigenvalue weighted by Gasteiger charge is 2.26. The molecule has 0 radical (unpaired) electrons. The topological polar surface area (TPSA) is 28.7 Å². The van der Waals surface area contributed by atoms with Crippen molar-refractivity contribution in [3.05, 3.63) is 17.7 Å². The first-order chi connectivity index (χ1) is 5.04. The molecule has 0 saturated carbocycles. The zero-order chi connectivity index (χ0) is 8.48. The number of aromatic amines is 1. The number of H-pyrrole nitrogens is 1. The van der Waals surface area contributed by atoms with Crippen molar-refractivity contribution in [2.45, 2.75) is 9.67 Å². The summed E-state index contributed by atoms with van der Waals surface area (Å²) in [5.41, 5.74) is 0.730. The van der Waals surface area contributed by atoms with Gasteiger partial charge in [-0.2, -0.15) is 0 Å². The minimum atomic E-state index is -1.50. The highest BCUT2D eigenvalue weighted by Crippen LogP contribution is 2.35. The summed E-state index contributed by atoms with van der Waals surface area (Å²) < 4.78 is -1.50. The summed E-state index contributed by atoms with van der Waals surface area (Å²) >= 11 is 22.1. The fourth-order valence-electron chi connectivity index (χ4n) is 0.571. The van der Waals surface area contributed by atoms with Gasteiger partial charge in [0.25, 0.3) is 0 Å². The predicted molar refractivity (Wildman–Crippen MR) is 47.4 cm³/mol. The van der Waals surface area contributed by atoms with E-state index >= 15 is 0 Å². The van der Waals surface area contributed by atoms with E-state index in [0.717, 1.165) is 5.69 Å². The van der Waals surface area contributed by atoms with Crippen molar-refractivity contribution in [1.82, 2.24) is 9.97 Å². The number of halogens is 4. The van der Waals surface area contributed by atoms with E-state index in [0.29, 0.717) is 5.88 Å². The lowest BCUT2D eigenvalue weighted by Crippen LogP contribution is -2.02. The number of nitrogens with zero attached hydrogens (tertiary/aromatic N) is 1. The van der Waals surface area contributed by atoms with Gasteiger partial charge in [0.15, 0.2) is 5.82 Å². The van der Waals surface area contributed by atoms with Crippen LogP contribution in [-0.2, 0) is 9.67 Å². The Labute approximate surface area is 83.8 Å². The van der Waals surface area contributed by atoms with Gasteiger partial charge in [-0.1, -0.05) is 34.8 Å². The molecule has 0 aromatic carbocycles. The summed E-state index contributed by atoms with van der Waals surface area (Å²) in [7, 11) is 0. The molecule has 0 spiro atoms. The minimum absolute atomic E-state index is 0.290. The van der Waals surface area contributed by atoms with Crippen LogP contribution in [0.4, 0.5) is 0 Å². The molecule has 62 valence electrons. The largest absolute Gasteiger partial charge is 0.341 e. The Balaban J connectivity index is 2.89. The highest BCUT2D eigenvalue weighted by molar-refractivity contribution is 6.66. The van der Waals surface area contributed by atoms with Crippen LogP contribution in [0.15, 0.2) is 6.20 Å². The molecule has 0 fully saturated rings. The molecule has 0 aliphatic carbocycles. The molecule has 1 N–H and O–H groups in total. The van der Waals surface area contributed by atoms with Crippen molar-refractivity contribution in [2.24, 2.45) is 0 Å². The monoisotopic (exact) mass is 232 g/mol. The van der Waals surface area contributed by atoms with E-state index in [4.69, 9.17) is 46.4 Å². The average molecular weight is 234 g/mol. The second-order valence-corrected chi connectivity index (χ2v) is 4.44. The summed E-state index contributed by atoms with van der Waals surface area (Å²) in [6, 6.07) is 0. The molecule has 1 aromatic rings. The first-order valence-corrected chi connectivity index (χ1v) is 4.38. The molecule has 1 rings (SSSR count). The van der Waals surface area contributed by atoms with Gasteiger partial charge in [-0.15, -0.1) is 11.6 Å². The lowest BCUT2D eigenvalue weighted by Gasteiger charge is -2.04. The normalized spacial score (nSPS) is 12.0. The summed E-state index contributed by atoms with van der Waals surface area (Å²) in [5.74, 6) is 0.617. The van der Waals surface area contributed by atoms with Crippen LogP contribution in [0.3, 0.4) is 0 Å². The van der Waals surface area contributed by atoms with Crippen LogP contribution in [0.25, 0.3) is 0 Å². The van der Waals surface area contributed by atoms with Gasteiger partial charge in [-0.25, -0.2) is 4.98 Å². The Morgan fingerprint density at radius 2 is 2.09 bits per heavy atom. The Morgan fingerprint density at radius 1 is 1.45 bits per heavy atom. The molecule has 1 heterocycles. The van der Waals surface area contributed by atoms with Crippen LogP contribution in [-0.4, -0.2) is 9.97 Å². The molecule has 0 unspecified atom stereocenters. The standard InChI is InChI=1S/C5H4Cl4N2/c6-1-3-2-10-4(11-3)5(7,8)9/h2H,1H2,(H,10,11). The zero-order valence-electron chi connectivity index (χ0n) is 5.24. The number of rotatable bonds is 1. The SMILES string of the molecule is ClCc1cnc(C(Cl)(Cl)Cl)[nH]1. The zero-order valence-corrected chi connectivity index (χ0v) is 8.27. The quantitative estimate of drug-likeness (QED) is 0.743. The Kier molecular flexibility index (Phi) is 2.92. The third-order valence-electron chi connectivity index (χ3n) is 1.04. The van der Waals surface area contributed by atoms with Gasteiger partial charge >= 0.3 is 0 Å². The number of hydrogen-bond donors (Lipinski definition) is 1. The van der Waals surface area contributed by atoms with Crippen molar-refractivity contribution in [3.63, 3.8) is 0 Å². The molecule has 11 heavy (non-hydrogen) atoms. The lowest BCUT2D eigenvalue weighted by atomic mass is 10.6. The maximum atomic E-state index is 5.52. The van der Waals surface area contributed by atoms with E-state index in [2.05, 4.69) is 9.97 Å². The number of hydrogen-bond acceptors (Lipinski definition) is 1. The van der Waals surface area contributed by atoms with Crippen molar-refractivity contribution in [2.75, 3.05) is 0 Å². The Morgan fingerprint density at radius 3 is 2.36 bits per heavy atom. The third kappa shape index (κ3) is 2.41. The molecule has 0 aliphatic rings. The average Bonchev–Trinajstić information content (AvgIpc) is 2.32. The first-order valence-electron chi connectivity index (χ1n) is 2.71. The smallest absolute Gasteiger partial charge is 0.248 e. The molecule has 2 nitrogen and oxygen atoms in total. The summed E-state index contributed by atoms with van der Waals surface area (Å²) in [4.78, 5) is 6.59. The molecule has 0 saturated heterocycles. The maximum absolute atomic E-state index is 5.52. The summed E-state index contributed by atoms with van der Waals surface area (Å²) in [6.45, 7) is 0. The molecular formula is C5H4Cl4N2. The minimum Gasteiger partial charge on any atom is -0.341 e. The van der Waals surface area contributed by atoms with Gasteiger partial charge in [-0.3, -0.25) is 0 Å². The van der Waals surface area contributed by atoms with Crippen LogP contribution in [0, 0.1) is 0 Å². The number of nitrogens with one attached hydrogen (secondary N) is 1. The van der Waals surface area contributed by atoms with Gasteiger partial charge in [-0.05, 0) is 0 Å². The molecule has 1 aromatic heterocycles. The van der Waals surface area contributed by atoms with Crippen LogP contribution in [0.1, 0.15) is 11.5 Å². The van der Waals surface area contributed by atoms with Crippen LogP contribution in [0.5, 0.6) is 0 Å². The van der Waals surface area contributed by atoms with E-state index in [1.807, 2.05) is 0 Å². The van der Waals surface area contributed by atoms with E-state index in [-0.39, 0.29) is 5.82 Å². The molecule has 6 heteroatoms. The second kappa shape index (κ2) is 3.40. The van der Waals surface area contributed by atoms with Crippen molar-refractivity contribution in [3.8, 4) is 0 Å². The molecule has 0 atom stereocenters. The Hall–Kier alpha value is 0.370. The van der Waals surface area contributed by atoms with Crippen LogP contribution < -0.4 is 0 Å². The third-order valence-corrected chi connectivity index (χ3v) is 1.87. The summed E-state index contributed by atoms with van der Waals surface area (Å²) in [6.07, 6.45) is 1.53. The summed E-state index contributed by atoms with van der Waals surface area (Å²) in [5, 5.41) is 0. The van der Waals surface area contributed by atoms with Gasteiger partial charge < -0.3 is 4.98 Å². The molecule has 0 bridgehead atoms. The van der Waals surface area contributed by atoms with Crippen molar-refractivity contribution < 1.29 is 0 Å². The lowest BCUT2D eigenvalue weighted by molar-refractivity contribution is 1.02. The van der Waals surface area contributed by atoms with Gasteiger partial charge in [0.2, 0.25) is 3.79 Å². The molecule has 0 amide bonds. The molecule has 0 aliphatic heterocycles. The maximum Gasteiger partial charge on any atom is 0.248 e. The number of imidazole rings is 1. The van der Waals surface area contributed by atoms with Crippen LogP contribution >= 0.6 is 46.4 Å². The predicted octanol–water partition coefficient (Wildman–Crippen LogP) is 2.98. The molecular weight excluding hydrogens is 230 g/mol. The number of alkyl halides is 4. The highest BCUT2D eigenvalue weighted by atomic mass is 35.6. The van der Waals surface area contributed by atoms with Gasteiger partial charge in [0.1, 0.15) is 0 Å². The van der Waals surface area contributed by atoms with Gasteiger partial charge in [0, 0.05) is 11.9 Å². The van der Waals surface area contributed by atoms with E-state index < -0.39 is 3.79 Å². The second-order valence-electron chi connectivity index (χ2n) is 1.89. The van der Waals surface area contributed by atoms with E-state index in [1.54, 1.807) is 0 Å². The number of aromatic nitrogens is 2. The fraction of sp³-hybridized carbons (Fsp3) is 0.400. The Bertz CT molecular complexity index is 239. The van der Waals surface area contributed by atoms with Crippen LogP contribution in [0.2, 0.25) is 0 Å².